The third-order valence-corrected chi connectivity index (χ3v) is 4.58. The number of nitrogens with zero attached hydrogens (tertiary/aromatic N) is 2. The van der Waals surface area contributed by atoms with Crippen LogP contribution in [0.25, 0.3) is 0 Å². The summed E-state index contributed by atoms with van der Waals surface area (Å²) in [6.07, 6.45) is 9.33. The van der Waals surface area contributed by atoms with E-state index in [-0.39, 0.29) is 11.9 Å². The molecule has 0 saturated carbocycles. The molecule has 2 atom stereocenters. The lowest BCUT2D eigenvalue weighted by atomic mass is 10.0. The van der Waals surface area contributed by atoms with Crippen molar-refractivity contribution < 1.29 is 14.3 Å². The fourth-order valence-corrected chi connectivity index (χ4v) is 3.34. The third-order valence-electron chi connectivity index (χ3n) is 4.58. The summed E-state index contributed by atoms with van der Waals surface area (Å²) in [4.78, 5) is 14.8. The van der Waals surface area contributed by atoms with Gasteiger partial charge in [0.15, 0.2) is 0 Å². The molecule has 1 aliphatic heterocycles. The summed E-state index contributed by atoms with van der Waals surface area (Å²) >= 11 is 0. The second-order valence-electron chi connectivity index (χ2n) is 6.33. The number of carbonyl (C=O) groups excluding carboxylic acids is 1. The van der Waals surface area contributed by atoms with E-state index in [1.807, 2.05) is 35.0 Å². The molecule has 23 heavy (non-hydrogen) atoms. The zero-order valence-electron chi connectivity index (χ0n) is 13.5. The number of aryl methyl sites for hydroxylation is 1. The molecule has 2 aromatic heterocycles. The van der Waals surface area contributed by atoms with Crippen LogP contribution < -0.4 is 0 Å². The van der Waals surface area contributed by atoms with Gasteiger partial charge in [0.2, 0.25) is 0 Å². The van der Waals surface area contributed by atoms with Crippen LogP contribution in [-0.2, 0) is 7.05 Å². The van der Waals surface area contributed by atoms with Gasteiger partial charge in [-0.25, -0.2) is 0 Å². The van der Waals surface area contributed by atoms with E-state index >= 15 is 0 Å². The molecule has 5 heteroatoms. The van der Waals surface area contributed by atoms with Crippen molar-refractivity contribution in [1.82, 2.24) is 9.47 Å². The van der Waals surface area contributed by atoms with Gasteiger partial charge in [-0.15, -0.1) is 0 Å². The van der Waals surface area contributed by atoms with Crippen LogP contribution in [0.4, 0.5) is 0 Å². The van der Waals surface area contributed by atoms with Gasteiger partial charge in [-0.3, -0.25) is 4.79 Å². The maximum absolute atomic E-state index is 12.9. The predicted molar refractivity (Wildman–Crippen MR) is 87.0 cm³/mol. The molecule has 0 bridgehead atoms. The van der Waals surface area contributed by atoms with Gasteiger partial charge < -0.3 is 19.0 Å². The predicted octanol–water partition coefficient (Wildman–Crippen LogP) is 3.13. The first-order valence-electron chi connectivity index (χ1n) is 8.29. The summed E-state index contributed by atoms with van der Waals surface area (Å²) in [5.41, 5.74) is 0.715. The lowest BCUT2D eigenvalue weighted by molar-refractivity contribution is 0.0557. The Morgan fingerprint density at radius 1 is 1.39 bits per heavy atom. The highest BCUT2D eigenvalue weighted by Gasteiger charge is 2.29. The smallest absolute Gasteiger partial charge is 0.255 e. The van der Waals surface area contributed by atoms with Crippen molar-refractivity contribution in [3.05, 3.63) is 48.2 Å². The van der Waals surface area contributed by atoms with Gasteiger partial charge in [-0.05, 0) is 31.0 Å². The van der Waals surface area contributed by atoms with E-state index < -0.39 is 6.10 Å². The highest BCUT2D eigenvalue weighted by molar-refractivity contribution is 5.94. The molecule has 0 spiro atoms. The minimum atomic E-state index is -0.667. The molecule has 1 N–H and O–H groups in total. The highest BCUT2D eigenvalue weighted by Crippen LogP contribution is 2.27. The Hall–Kier alpha value is -2.01. The van der Waals surface area contributed by atoms with Crippen molar-refractivity contribution in [2.75, 3.05) is 6.54 Å². The summed E-state index contributed by atoms with van der Waals surface area (Å²) in [5.74, 6) is 0.630. The minimum absolute atomic E-state index is 0.0466. The average Bonchev–Trinajstić information content (AvgIpc) is 3.16. The van der Waals surface area contributed by atoms with Crippen molar-refractivity contribution in [2.24, 2.45) is 7.05 Å². The lowest BCUT2D eigenvalue weighted by Gasteiger charge is -2.31. The average molecular weight is 316 g/mol. The van der Waals surface area contributed by atoms with E-state index in [0.717, 1.165) is 32.2 Å². The number of hydrogen-bond donors (Lipinski definition) is 1. The van der Waals surface area contributed by atoms with Gasteiger partial charge in [0, 0.05) is 38.4 Å². The molecule has 2 aromatic rings. The maximum Gasteiger partial charge on any atom is 0.255 e. The Balaban J connectivity index is 1.75. The molecule has 124 valence electrons. The van der Waals surface area contributed by atoms with Crippen molar-refractivity contribution in [3.63, 3.8) is 0 Å². The molecular weight excluding hydrogens is 292 g/mol. The van der Waals surface area contributed by atoms with Crippen molar-refractivity contribution in [3.8, 4) is 0 Å². The lowest BCUT2D eigenvalue weighted by Crippen LogP contribution is -2.40. The molecule has 0 aliphatic carbocycles. The van der Waals surface area contributed by atoms with E-state index in [4.69, 9.17) is 4.42 Å². The van der Waals surface area contributed by atoms with Crippen LogP contribution >= 0.6 is 0 Å². The highest BCUT2D eigenvalue weighted by atomic mass is 16.4. The third kappa shape index (κ3) is 3.67. The van der Waals surface area contributed by atoms with Gasteiger partial charge in [0.05, 0.1) is 11.8 Å². The summed E-state index contributed by atoms with van der Waals surface area (Å²) < 4.78 is 7.18. The SMILES string of the molecule is Cn1ccc(C(=O)N2CCCCC[C@@H]2C[C@H](O)c2ccco2)c1. The van der Waals surface area contributed by atoms with E-state index in [2.05, 4.69) is 0 Å². The topological polar surface area (TPSA) is 58.6 Å². The van der Waals surface area contributed by atoms with Gasteiger partial charge in [-0.2, -0.15) is 0 Å². The second-order valence-corrected chi connectivity index (χ2v) is 6.33. The zero-order valence-corrected chi connectivity index (χ0v) is 13.5. The molecular formula is C18H24N2O3. The summed E-state index contributed by atoms with van der Waals surface area (Å²) in [7, 11) is 1.91. The molecule has 3 heterocycles. The number of likely N-dealkylation sites (tertiary alicyclic amines) is 1. The number of rotatable bonds is 4. The summed E-state index contributed by atoms with van der Waals surface area (Å²) in [5, 5.41) is 10.4. The first-order valence-corrected chi connectivity index (χ1v) is 8.29. The maximum atomic E-state index is 12.9. The first kappa shape index (κ1) is 15.9. The number of aliphatic hydroxyl groups is 1. The number of carbonyl (C=O) groups is 1. The number of aromatic nitrogens is 1. The fraction of sp³-hybridized carbons (Fsp3) is 0.500. The monoisotopic (exact) mass is 316 g/mol. The zero-order chi connectivity index (χ0) is 16.2. The van der Waals surface area contributed by atoms with E-state index in [1.54, 1.807) is 18.4 Å². The fourth-order valence-electron chi connectivity index (χ4n) is 3.34. The van der Waals surface area contributed by atoms with Gasteiger partial charge >= 0.3 is 0 Å². The normalized spacial score (nSPS) is 20.3. The van der Waals surface area contributed by atoms with Crippen LogP contribution in [-0.4, -0.2) is 33.1 Å². The summed E-state index contributed by atoms with van der Waals surface area (Å²) in [6, 6.07) is 5.46. The van der Waals surface area contributed by atoms with Crippen molar-refractivity contribution in [2.45, 2.75) is 44.2 Å². The number of furan rings is 1. The van der Waals surface area contributed by atoms with E-state index in [1.165, 1.54) is 0 Å². The Morgan fingerprint density at radius 3 is 2.96 bits per heavy atom. The molecule has 1 fully saturated rings. The van der Waals surface area contributed by atoms with Crippen molar-refractivity contribution in [1.29, 1.82) is 0 Å². The van der Waals surface area contributed by atoms with Gasteiger partial charge in [0.1, 0.15) is 11.9 Å². The van der Waals surface area contributed by atoms with Crippen molar-refractivity contribution >= 4 is 5.91 Å². The number of hydrogen-bond acceptors (Lipinski definition) is 3. The quantitative estimate of drug-likeness (QED) is 0.943. The van der Waals surface area contributed by atoms with Crippen LogP contribution in [0.5, 0.6) is 0 Å². The largest absolute Gasteiger partial charge is 0.467 e. The van der Waals surface area contributed by atoms with Crippen LogP contribution in [0.1, 0.15) is 54.3 Å². The van der Waals surface area contributed by atoms with Crippen LogP contribution in [0, 0.1) is 0 Å². The molecule has 1 aliphatic rings. The molecule has 1 saturated heterocycles. The Morgan fingerprint density at radius 2 is 2.26 bits per heavy atom. The number of amides is 1. The molecule has 0 radical (unpaired) electrons. The van der Waals surface area contributed by atoms with Gasteiger partial charge in [0.25, 0.3) is 5.91 Å². The molecule has 0 unspecified atom stereocenters. The molecule has 0 aromatic carbocycles. The Labute approximate surface area is 136 Å². The Bertz CT molecular complexity index is 632. The van der Waals surface area contributed by atoms with Crippen LogP contribution in [0.2, 0.25) is 0 Å². The minimum Gasteiger partial charge on any atom is -0.467 e. The molecule has 1 amide bonds. The standard InChI is InChI=1S/C18H24N2O3/c1-19-10-8-14(13-19)18(22)20-9-4-2-3-6-15(20)12-16(21)17-7-5-11-23-17/h5,7-8,10-11,13,15-16,21H,2-4,6,9,12H2,1H3/t15-,16+/m1/s1. The Kier molecular flexibility index (Phi) is 4.86. The molecule has 3 rings (SSSR count). The molecule has 5 nitrogen and oxygen atoms in total. The van der Waals surface area contributed by atoms with Crippen LogP contribution in [0.15, 0.2) is 41.3 Å². The second kappa shape index (κ2) is 7.04. The first-order chi connectivity index (χ1) is 11.1. The number of aliphatic hydroxyl groups excluding tert-OH is 1. The van der Waals surface area contributed by atoms with E-state index in [9.17, 15) is 9.90 Å². The van der Waals surface area contributed by atoms with Crippen LogP contribution in [0.3, 0.4) is 0 Å². The van der Waals surface area contributed by atoms with Gasteiger partial charge in [-0.1, -0.05) is 12.8 Å². The van der Waals surface area contributed by atoms with E-state index in [0.29, 0.717) is 17.7 Å². The summed E-state index contributed by atoms with van der Waals surface area (Å²) in [6.45, 7) is 0.753.